The third-order valence-electron chi connectivity index (χ3n) is 5.30. The summed E-state index contributed by atoms with van der Waals surface area (Å²) in [6.07, 6.45) is -3.38. The maximum absolute atomic E-state index is 12.8. The number of carboxylic acids is 1. The van der Waals surface area contributed by atoms with E-state index in [0.29, 0.717) is 31.7 Å². The summed E-state index contributed by atoms with van der Waals surface area (Å²) < 4.78 is 32.7. The second kappa shape index (κ2) is 10.9. The molecule has 1 atom stereocenters. The van der Waals surface area contributed by atoms with Crippen molar-refractivity contribution in [3.63, 3.8) is 0 Å². The van der Waals surface area contributed by atoms with Gasteiger partial charge < -0.3 is 20.6 Å². The lowest BCUT2D eigenvalue weighted by Crippen LogP contribution is -2.52. The van der Waals surface area contributed by atoms with Gasteiger partial charge in [-0.1, -0.05) is 28.1 Å². The summed E-state index contributed by atoms with van der Waals surface area (Å²) in [5.41, 5.74) is 8.45. The van der Waals surface area contributed by atoms with E-state index in [1.54, 1.807) is 22.1 Å². The lowest BCUT2D eigenvalue weighted by atomic mass is 10.1. The molecule has 13 heteroatoms. The van der Waals surface area contributed by atoms with Crippen molar-refractivity contribution in [2.24, 2.45) is 5.73 Å². The molecule has 0 aliphatic carbocycles. The van der Waals surface area contributed by atoms with Crippen LogP contribution in [-0.2, 0) is 9.59 Å². The van der Waals surface area contributed by atoms with Crippen LogP contribution >= 0.6 is 15.9 Å². The molecule has 0 radical (unpaired) electrons. The third-order valence-corrected chi connectivity index (χ3v) is 5.83. The number of nitrogens with two attached hydrogens (primary N) is 1. The Labute approximate surface area is 205 Å². The number of H-pyrrole nitrogens is 1. The molecular formula is C22H21BrF3N5O4. The van der Waals surface area contributed by atoms with Gasteiger partial charge in [0.05, 0.1) is 11.7 Å². The van der Waals surface area contributed by atoms with Gasteiger partial charge in [0.25, 0.3) is 5.91 Å². The first kappa shape index (κ1) is 26.2. The molecule has 2 amide bonds. The molecule has 186 valence electrons. The van der Waals surface area contributed by atoms with Gasteiger partial charge in [-0.15, -0.1) is 0 Å². The second-order valence-electron chi connectivity index (χ2n) is 7.62. The molecule has 3 aromatic rings. The van der Waals surface area contributed by atoms with E-state index in [4.69, 9.17) is 15.6 Å². The first-order valence-corrected chi connectivity index (χ1v) is 11.1. The highest BCUT2D eigenvalue weighted by molar-refractivity contribution is 9.10. The number of carbonyl (C=O) groups excluding carboxylic acids is 2. The van der Waals surface area contributed by atoms with Crippen LogP contribution in [0.1, 0.15) is 22.0 Å². The Hall–Kier alpha value is -3.45. The van der Waals surface area contributed by atoms with E-state index in [-0.39, 0.29) is 11.8 Å². The zero-order chi connectivity index (χ0) is 25.8. The molecule has 9 nitrogen and oxygen atoms in total. The number of nitrogens with one attached hydrogen (secondary N) is 1. The van der Waals surface area contributed by atoms with Crippen molar-refractivity contribution in [1.82, 2.24) is 20.0 Å². The molecule has 4 N–H and O–H groups in total. The molecule has 1 aromatic heterocycles. The first-order chi connectivity index (χ1) is 16.5. The largest absolute Gasteiger partial charge is 0.490 e. The molecule has 1 saturated heterocycles. The monoisotopic (exact) mass is 555 g/mol. The van der Waals surface area contributed by atoms with Crippen LogP contribution in [0.3, 0.4) is 0 Å². The van der Waals surface area contributed by atoms with Gasteiger partial charge in [-0.2, -0.15) is 18.3 Å². The Morgan fingerprint density at radius 1 is 1.03 bits per heavy atom. The summed E-state index contributed by atoms with van der Waals surface area (Å²) in [6, 6.07) is 12.2. The second-order valence-corrected chi connectivity index (χ2v) is 8.54. The van der Waals surface area contributed by atoms with Crippen LogP contribution in [0, 0.1) is 0 Å². The number of hydrogen-bond acceptors (Lipinski definition) is 5. The fourth-order valence-electron chi connectivity index (χ4n) is 3.40. The molecule has 0 spiro atoms. The van der Waals surface area contributed by atoms with Gasteiger partial charge in [-0.05, 0) is 35.9 Å². The average Bonchev–Trinajstić information content (AvgIpc) is 3.31. The van der Waals surface area contributed by atoms with Gasteiger partial charge in [0.2, 0.25) is 5.91 Å². The summed E-state index contributed by atoms with van der Waals surface area (Å²) in [6.45, 7) is 1.92. The van der Waals surface area contributed by atoms with E-state index < -0.39 is 18.2 Å². The minimum absolute atomic E-state index is 0.0348. The molecule has 1 aliphatic rings. The number of fused-ring (bicyclic) bond motifs is 1. The van der Waals surface area contributed by atoms with E-state index >= 15 is 0 Å². The molecule has 2 aromatic carbocycles. The minimum Gasteiger partial charge on any atom is -0.475 e. The van der Waals surface area contributed by atoms with Gasteiger partial charge in [0.15, 0.2) is 0 Å². The number of benzene rings is 2. The number of piperazine rings is 1. The Morgan fingerprint density at radius 3 is 2.17 bits per heavy atom. The summed E-state index contributed by atoms with van der Waals surface area (Å²) in [4.78, 5) is 37.9. The maximum Gasteiger partial charge on any atom is 0.490 e. The minimum atomic E-state index is -5.08. The fourth-order valence-corrected chi connectivity index (χ4v) is 3.66. The number of alkyl halides is 3. The van der Waals surface area contributed by atoms with Crippen LogP contribution < -0.4 is 5.73 Å². The number of halogens is 4. The number of carbonyl (C=O) groups is 3. The average molecular weight is 556 g/mol. The van der Waals surface area contributed by atoms with Gasteiger partial charge >= 0.3 is 12.1 Å². The summed E-state index contributed by atoms with van der Waals surface area (Å²) >= 11 is 3.38. The molecule has 1 fully saturated rings. The van der Waals surface area contributed by atoms with Crippen molar-refractivity contribution in [1.29, 1.82) is 0 Å². The Balaban J connectivity index is 0.000000429. The van der Waals surface area contributed by atoms with Gasteiger partial charge in [0.1, 0.15) is 6.04 Å². The van der Waals surface area contributed by atoms with Gasteiger partial charge in [-0.25, -0.2) is 4.79 Å². The molecule has 4 rings (SSSR count). The summed E-state index contributed by atoms with van der Waals surface area (Å²) in [5.74, 6) is -2.91. The Morgan fingerprint density at radius 2 is 1.60 bits per heavy atom. The normalized spacial score (nSPS) is 14.8. The Kier molecular flexibility index (Phi) is 8.12. The van der Waals surface area contributed by atoms with Crippen molar-refractivity contribution >= 4 is 44.6 Å². The molecule has 0 saturated carbocycles. The SMILES string of the molecule is NC(C(=O)N1CCN(C(=O)c2ccc3[nH]ncc3c2)CC1)c1ccc(Br)cc1.O=C(O)C(F)(F)F. The number of aromatic amines is 1. The number of hydrogen-bond donors (Lipinski definition) is 3. The Bertz CT molecular complexity index is 1210. The van der Waals surface area contributed by atoms with Crippen molar-refractivity contribution in [2.45, 2.75) is 12.2 Å². The van der Waals surface area contributed by atoms with E-state index in [0.717, 1.165) is 20.9 Å². The van der Waals surface area contributed by atoms with Crippen LogP contribution in [-0.4, -0.2) is 75.2 Å². The standard InChI is InChI=1S/C20H20BrN5O2.C2HF3O2/c21-16-4-1-13(2-5-16)18(22)20(28)26-9-7-25(8-10-26)19(27)14-3-6-17-15(11-14)12-23-24-17;3-2(4,5)1(6)7/h1-6,11-12,18H,7-10,22H2,(H,23,24);(H,6,7). The van der Waals surface area contributed by atoms with Crippen LogP contribution in [0.25, 0.3) is 10.9 Å². The number of nitrogens with zero attached hydrogens (tertiary/aromatic N) is 3. The molecule has 2 heterocycles. The van der Waals surface area contributed by atoms with Crippen molar-refractivity contribution in [3.8, 4) is 0 Å². The number of carboxylic acid groups (broad SMARTS) is 1. The number of rotatable bonds is 3. The van der Waals surface area contributed by atoms with Crippen LogP contribution in [0.4, 0.5) is 13.2 Å². The predicted octanol–water partition coefficient (Wildman–Crippen LogP) is 2.94. The zero-order valence-corrected chi connectivity index (χ0v) is 19.7. The highest BCUT2D eigenvalue weighted by Crippen LogP contribution is 2.19. The summed E-state index contributed by atoms with van der Waals surface area (Å²) in [7, 11) is 0. The first-order valence-electron chi connectivity index (χ1n) is 10.3. The fraction of sp³-hybridized carbons (Fsp3) is 0.273. The van der Waals surface area contributed by atoms with E-state index in [2.05, 4.69) is 26.1 Å². The molecule has 35 heavy (non-hydrogen) atoms. The van der Waals surface area contributed by atoms with E-state index in [9.17, 15) is 22.8 Å². The number of aromatic nitrogens is 2. The van der Waals surface area contributed by atoms with Gasteiger partial charge in [-0.3, -0.25) is 14.7 Å². The quantitative estimate of drug-likeness (QED) is 0.455. The molecule has 1 unspecified atom stereocenters. The van der Waals surface area contributed by atoms with Crippen LogP contribution in [0.5, 0.6) is 0 Å². The third kappa shape index (κ3) is 6.57. The van der Waals surface area contributed by atoms with Crippen LogP contribution in [0.2, 0.25) is 0 Å². The lowest BCUT2D eigenvalue weighted by molar-refractivity contribution is -0.192. The van der Waals surface area contributed by atoms with Gasteiger partial charge in [0, 0.05) is 41.6 Å². The van der Waals surface area contributed by atoms with Crippen LogP contribution in [0.15, 0.2) is 53.1 Å². The summed E-state index contributed by atoms with van der Waals surface area (Å²) in [5, 5.41) is 14.9. The molecular weight excluding hydrogens is 535 g/mol. The maximum atomic E-state index is 12.8. The topological polar surface area (TPSA) is 133 Å². The smallest absolute Gasteiger partial charge is 0.475 e. The number of aliphatic carboxylic acids is 1. The highest BCUT2D eigenvalue weighted by atomic mass is 79.9. The van der Waals surface area contributed by atoms with E-state index in [1.807, 2.05) is 36.4 Å². The highest BCUT2D eigenvalue weighted by Gasteiger charge is 2.38. The lowest BCUT2D eigenvalue weighted by Gasteiger charge is -2.36. The number of amides is 2. The zero-order valence-electron chi connectivity index (χ0n) is 18.1. The van der Waals surface area contributed by atoms with Crippen molar-refractivity contribution in [3.05, 3.63) is 64.3 Å². The van der Waals surface area contributed by atoms with Crippen molar-refractivity contribution in [2.75, 3.05) is 26.2 Å². The van der Waals surface area contributed by atoms with Crippen molar-refractivity contribution < 1.29 is 32.7 Å². The molecule has 1 aliphatic heterocycles. The van der Waals surface area contributed by atoms with E-state index in [1.165, 1.54) is 0 Å². The predicted molar refractivity (Wildman–Crippen MR) is 123 cm³/mol. The molecule has 0 bridgehead atoms.